The highest BCUT2D eigenvalue weighted by atomic mass is 19.1. The summed E-state index contributed by atoms with van der Waals surface area (Å²) in [4.78, 5) is 28.3. The molecule has 2 saturated carbocycles. The van der Waals surface area contributed by atoms with Gasteiger partial charge in [0.25, 0.3) is 0 Å². The number of halogens is 1. The van der Waals surface area contributed by atoms with Gasteiger partial charge in [-0.25, -0.2) is 4.39 Å². The molecule has 0 bridgehead atoms. The number of carbonyl (C=O) groups is 2. The molecule has 1 unspecified atom stereocenters. The van der Waals surface area contributed by atoms with E-state index in [1.165, 1.54) is 29.7 Å². The van der Waals surface area contributed by atoms with Crippen LogP contribution in [0.2, 0.25) is 0 Å². The molecule has 1 aliphatic heterocycles. The molecule has 39 heavy (non-hydrogen) atoms. The highest BCUT2D eigenvalue weighted by Crippen LogP contribution is 2.66. The first kappa shape index (κ1) is 26.5. The predicted molar refractivity (Wildman–Crippen MR) is 151 cm³/mol. The fraction of sp³-hybridized carbons (Fsp3) is 0.588. The van der Waals surface area contributed by atoms with Crippen LogP contribution in [0.3, 0.4) is 0 Å². The van der Waals surface area contributed by atoms with Crippen molar-refractivity contribution in [3.05, 3.63) is 52.6 Å². The Morgan fingerprint density at radius 1 is 1.13 bits per heavy atom. The van der Waals surface area contributed by atoms with E-state index in [0.717, 1.165) is 37.9 Å². The number of fused-ring (bicyclic) bond motifs is 4. The van der Waals surface area contributed by atoms with E-state index in [1.54, 1.807) is 6.08 Å². The number of hydrogen-bond donors (Lipinski definition) is 1. The van der Waals surface area contributed by atoms with Crippen LogP contribution < -0.4 is 4.90 Å². The van der Waals surface area contributed by atoms with Crippen LogP contribution in [0.4, 0.5) is 10.1 Å². The summed E-state index contributed by atoms with van der Waals surface area (Å²) in [6, 6.07) is 9.02. The lowest BCUT2D eigenvalue weighted by Crippen LogP contribution is -2.46. The van der Waals surface area contributed by atoms with E-state index in [2.05, 4.69) is 47.9 Å². The molecule has 1 heterocycles. The Kier molecular flexibility index (Phi) is 7.27. The minimum absolute atomic E-state index is 0.0402. The fourth-order valence-corrected chi connectivity index (χ4v) is 8.86. The zero-order chi connectivity index (χ0) is 27.1. The number of carbonyl (C=O) groups excluding carboxylic acids is 2. The van der Waals surface area contributed by atoms with Gasteiger partial charge < -0.3 is 10.0 Å². The van der Waals surface area contributed by atoms with Gasteiger partial charge in [0.05, 0.1) is 0 Å². The smallest absolute Gasteiger partial charge is 0.156 e. The van der Waals surface area contributed by atoms with Crippen molar-refractivity contribution in [2.75, 3.05) is 24.6 Å². The molecule has 0 radical (unpaired) electrons. The van der Waals surface area contributed by atoms with Gasteiger partial charge in [-0.3, -0.25) is 9.59 Å². The minimum atomic E-state index is -1.11. The summed E-state index contributed by atoms with van der Waals surface area (Å²) in [5, 5.41) is 8.96. The molecule has 6 rings (SSSR count). The van der Waals surface area contributed by atoms with Crippen molar-refractivity contribution in [3.8, 4) is 11.8 Å². The van der Waals surface area contributed by atoms with Crippen LogP contribution >= 0.6 is 0 Å². The largest absolute Gasteiger partial charge is 0.384 e. The molecule has 1 N–H and O–H groups in total. The third-order valence-electron chi connectivity index (χ3n) is 10.6. The molecule has 1 aromatic carbocycles. The van der Waals surface area contributed by atoms with Crippen molar-refractivity contribution in [3.63, 3.8) is 0 Å². The zero-order valence-electron chi connectivity index (χ0n) is 23.1. The first-order valence-electron chi connectivity index (χ1n) is 15.0. The number of hydrogen-bond acceptors (Lipinski definition) is 4. The fourth-order valence-electron chi connectivity index (χ4n) is 8.86. The summed E-state index contributed by atoms with van der Waals surface area (Å²) in [5.74, 6) is 6.34. The van der Waals surface area contributed by atoms with E-state index in [1.807, 2.05) is 0 Å². The predicted octanol–water partition coefficient (Wildman–Crippen LogP) is 6.10. The van der Waals surface area contributed by atoms with Gasteiger partial charge in [-0.15, -0.1) is 5.92 Å². The van der Waals surface area contributed by atoms with Gasteiger partial charge in [-0.2, -0.15) is 0 Å². The highest BCUT2D eigenvalue weighted by Gasteiger charge is 2.58. The molecule has 1 saturated heterocycles. The maximum absolute atomic E-state index is 15.7. The van der Waals surface area contributed by atoms with E-state index < -0.39 is 6.17 Å². The van der Waals surface area contributed by atoms with Crippen LogP contribution in [-0.4, -0.2) is 42.5 Å². The average molecular weight is 530 g/mol. The van der Waals surface area contributed by atoms with Gasteiger partial charge >= 0.3 is 0 Å². The molecule has 4 aliphatic carbocycles. The molecule has 5 heteroatoms. The quantitative estimate of drug-likeness (QED) is 0.469. The second kappa shape index (κ2) is 10.7. The monoisotopic (exact) mass is 529 g/mol. The standard InChI is InChI=1S/C34H40FNO3/c1-34-21-28(22-8-10-23(11-9-22)36-16-4-5-17-36)33-25-13-12-24(38)19-26(25)31(35)20-27(33)29(34)14-15-30(34)32(39)7-3-2-6-18-37/h8-11,19,27-31,37H,3-5,7,12-18,20-21H2,1H3/t27-,28+,29-,30+,31?,34-/m0/s1. The molecular formula is C34H40FNO3. The first-order chi connectivity index (χ1) is 18.9. The van der Waals surface area contributed by atoms with Crippen LogP contribution in [0.1, 0.15) is 82.6 Å². The van der Waals surface area contributed by atoms with Crippen molar-refractivity contribution in [2.45, 2.75) is 83.2 Å². The molecule has 206 valence electrons. The van der Waals surface area contributed by atoms with E-state index in [9.17, 15) is 9.59 Å². The summed E-state index contributed by atoms with van der Waals surface area (Å²) >= 11 is 0. The average Bonchev–Trinajstić information content (AvgIpc) is 3.59. The number of allylic oxidation sites excluding steroid dienone is 4. The second-order valence-electron chi connectivity index (χ2n) is 12.6. The van der Waals surface area contributed by atoms with Crippen LogP contribution in [0.25, 0.3) is 0 Å². The van der Waals surface area contributed by atoms with Gasteiger partial charge in [-0.1, -0.05) is 30.6 Å². The molecule has 6 atom stereocenters. The molecule has 0 amide bonds. The van der Waals surface area contributed by atoms with Crippen LogP contribution in [-0.2, 0) is 9.59 Å². The van der Waals surface area contributed by atoms with Crippen LogP contribution in [0, 0.1) is 35.0 Å². The van der Waals surface area contributed by atoms with Gasteiger partial charge in [0, 0.05) is 49.9 Å². The summed E-state index contributed by atoms with van der Waals surface area (Å²) in [6.45, 7) is 4.32. The Balaban J connectivity index is 1.39. The van der Waals surface area contributed by atoms with E-state index in [-0.39, 0.29) is 47.3 Å². The third-order valence-corrected chi connectivity index (χ3v) is 10.6. The van der Waals surface area contributed by atoms with Gasteiger partial charge in [-0.05, 0) is 97.1 Å². The Labute approximate surface area is 231 Å². The maximum atomic E-state index is 15.7. The normalized spacial score (nSPS) is 33.6. The number of nitrogens with zero attached hydrogens (tertiary/aromatic N) is 1. The summed E-state index contributed by atoms with van der Waals surface area (Å²) < 4.78 is 15.7. The SMILES string of the molecule is C[C@]12C[C@H](c3ccc(N4CCCC4)cc3)C3=C4CCC(=O)C=C4C(F)C[C@H]3[C@@H]1CC[C@@H]2C(=O)CCC#CCO. The maximum Gasteiger partial charge on any atom is 0.156 e. The number of aliphatic hydroxyl groups is 1. The van der Waals surface area contributed by atoms with Crippen molar-refractivity contribution >= 4 is 17.3 Å². The summed E-state index contributed by atoms with van der Waals surface area (Å²) in [5.41, 5.74) is 5.42. The topological polar surface area (TPSA) is 57.6 Å². The molecule has 0 aromatic heterocycles. The van der Waals surface area contributed by atoms with Crippen LogP contribution in [0.5, 0.6) is 0 Å². The lowest BCUT2D eigenvalue weighted by molar-refractivity contribution is -0.127. The second-order valence-corrected chi connectivity index (χ2v) is 12.6. The summed E-state index contributed by atoms with van der Waals surface area (Å²) in [6.07, 6.45) is 8.03. The zero-order valence-corrected chi connectivity index (χ0v) is 23.1. The molecular weight excluding hydrogens is 489 g/mol. The van der Waals surface area contributed by atoms with Crippen molar-refractivity contribution in [1.29, 1.82) is 0 Å². The summed E-state index contributed by atoms with van der Waals surface area (Å²) in [7, 11) is 0. The third kappa shape index (κ3) is 4.69. The van der Waals surface area contributed by atoms with Crippen molar-refractivity contribution in [1.82, 2.24) is 0 Å². The first-order valence-corrected chi connectivity index (χ1v) is 15.0. The Morgan fingerprint density at radius 3 is 2.64 bits per heavy atom. The number of anilines is 1. The number of aliphatic hydroxyl groups excluding tert-OH is 1. The highest BCUT2D eigenvalue weighted by molar-refractivity contribution is 5.93. The number of ketones is 2. The van der Waals surface area contributed by atoms with Crippen molar-refractivity contribution in [2.24, 2.45) is 23.2 Å². The number of alkyl halides is 1. The minimum Gasteiger partial charge on any atom is -0.384 e. The molecule has 3 fully saturated rings. The van der Waals surface area contributed by atoms with Gasteiger partial charge in [0.1, 0.15) is 18.6 Å². The number of benzene rings is 1. The van der Waals surface area contributed by atoms with Crippen LogP contribution in [0.15, 0.2) is 47.1 Å². The Hall–Kier alpha value is -2.71. The Bertz CT molecular complexity index is 1260. The molecule has 5 aliphatic rings. The van der Waals surface area contributed by atoms with E-state index in [0.29, 0.717) is 37.7 Å². The van der Waals surface area contributed by atoms with Gasteiger partial charge in [0.2, 0.25) is 0 Å². The number of Topliss-reactive ketones (excluding diaryl/α,β-unsaturated/α-hetero) is 1. The lowest BCUT2D eigenvalue weighted by Gasteiger charge is -2.53. The number of rotatable bonds is 5. The van der Waals surface area contributed by atoms with E-state index >= 15 is 4.39 Å². The Morgan fingerprint density at radius 2 is 1.90 bits per heavy atom. The van der Waals surface area contributed by atoms with Gasteiger partial charge in [0.15, 0.2) is 5.78 Å². The van der Waals surface area contributed by atoms with E-state index in [4.69, 9.17) is 5.11 Å². The molecule has 4 nitrogen and oxygen atoms in total. The molecule has 0 spiro atoms. The lowest BCUT2D eigenvalue weighted by atomic mass is 9.51. The molecule has 1 aromatic rings. The van der Waals surface area contributed by atoms with Crippen molar-refractivity contribution < 1.29 is 19.1 Å².